The van der Waals surface area contributed by atoms with Gasteiger partial charge in [-0.1, -0.05) is 97.1 Å². The molecule has 54 heavy (non-hydrogen) atoms. The predicted octanol–water partition coefficient (Wildman–Crippen LogP) is 9.38. The molecule has 3 aliphatic rings. The number of thiophene rings is 1. The number of nitrogens with zero attached hydrogens (tertiary/aromatic N) is 5. The minimum atomic E-state index is -0.887. The summed E-state index contributed by atoms with van der Waals surface area (Å²) in [4.78, 5) is 33.8. The molecule has 0 spiro atoms. The summed E-state index contributed by atoms with van der Waals surface area (Å²) in [7, 11) is 0. The van der Waals surface area contributed by atoms with Gasteiger partial charge in [-0.2, -0.15) is 0 Å². The number of carbonyl (C=O) groups is 1. The molecule has 8 nitrogen and oxygen atoms in total. The lowest BCUT2D eigenvalue weighted by atomic mass is 9.61. The van der Waals surface area contributed by atoms with Crippen LogP contribution in [-0.4, -0.2) is 43.1 Å². The van der Waals surface area contributed by atoms with E-state index >= 15 is 4.39 Å². The van der Waals surface area contributed by atoms with Crippen molar-refractivity contribution in [2.24, 2.45) is 17.8 Å². The third kappa shape index (κ3) is 5.67. The van der Waals surface area contributed by atoms with Crippen LogP contribution in [0.15, 0.2) is 127 Å². The van der Waals surface area contributed by atoms with Gasteiger partial charge in [0.25, 0.3) is 0 Å². The van der Waals surface area contributed by atoms with E-state index in [-0.39, 0.29) is 41.3 Å². The molecule has 270 valence electrons. The summed E-state index contributed by atoms with van der Waals surface area (Å²) in [6.07, 6.45) is 9.24. The van der Waals surface area contributed by atoms with Crippen LogP contribution >= 0.6 is 11.3 Å². The Morgan fingerprint density at radius 1 is 0.833 bits per heavy atom. The summed E-state index contributed by atoms with van der Waals surface area (Å²) in [5.41, 5.74) is 4.19. The Kier molecular flexibility index (Phi) is 8.98. The summed E-state index contributed by atoms with van der Waals surface area (Å²) in [6.45, 7) is 2.13. The van der Waals surface area contributed by atoms with Crippen LogP contribution in [0.4, 0.5) is 10.2 Å². The van der Waals surface area contributed by atoms with Crippen molar-refractivity contribution < 1.29 is 13.9 Å². The van der Waals surface area contributed by atoms with E-state index in [0.29, 0.717) is 34.0 Å². The van der Waals surface area contributed by atoms with Gasteiger partial charge in [0.1, 0.15) is 16.7 Å². The lowest BCUT2D eigenvalue weighted by molar-refractivity contribution is -0.154. The number of fused-ring (bicyclic) bond motifs is 4. The second-order valence-electron chi connectivity index (χ2n) is 14.1. The molecule has 10 rings (SSSR count). The number of benzene rings is 3. The van der Waals surface area contributed by atoms with Crippen LogP contribution in [0.1, 0.15) is 49.3 Å². The number of ether oxygens (including phenoxy) is 1. The monoisotopic (exact) mass is 734 g/mol. The number of aromatic nitrogens is 5. The van der Waals surface area contributed by atoms with Crippen molar-refractivity contribution in [1.82, 2.24) is 24.5 Å². The number of anilines is 1. The number of hydrogen-bond acceptors (Lipinski definition) is 8. The zero-order valence-corrected chi connectivity index (χ0v) is 30.6. The van der Waals surface area contributed by atoms with Gasteiger partial charge in [-0.3, -0.25) is 9.78 Å². The predicted molar refractivity (Wildman–Crippen MR) is 209 cm³/mol. The molecular formula is C44H39FN6O2S. The minimum absolute atomic E-state index is 0.0699. The summed E-state index contributed by atoms with van der Waals surface area (Å²) >= 11 is 1.41. The molecule has 1 N–H and O–H groups in total. The molecule has 3 aliphatic carbocycles. The number of rotatable bonds is 10. The van der Waals surface area contributed by atoms with Crippen LogP contribution in [0, 0.1) is 23.6 Å². The van der Waals surface area contributed by atoms with Crippen molar-refractivity contribution in [3.05, 3.63) is 150 Å². The van der Waals surface area contributed by atoms with Crippen molar-refractivity contribution in [2.75, 3.05) is 11.9 Å². The first-order valence-corrected chi connectivity index (χ1v) is 19.5. The van der Waals surface area contributed by atoms with Crippen LogP contribution in [0.5, 0.6) is 0 Å². The number of esters is 1. The molecule has 2 atom stereocenters. The molecule has 0 aliphatic heterocycles. The second-order valence-corrected chi connectivity index (χ2v) is 15.1. The Labute approximate surface area is 317 Å². The maximum Gasteiger partial charge on any atom is 0.311 e. The van der Waals surface area contributed by atoms with E-state index in [1.165, 1.54) is 11.3 Å². The molecule has 2 bridgehead atoms. The van der Waals surface area contributed by atoms with E-state index in [9.17, 15) is 4.79 Å². The van der Waals surface area contributed by atoms with Gasteiger partial charge < -0.3 is 14.6 Å². The molecule has 10 heteroatoms. The maximum absolute atomic E-state index is 16.8. The van der Waals surface area contributed by atoms with Gasteiger partial charge in [0.15, 0.2) is 23.1 Å². The Balaban J connectivity index is 1.28. The normalized spacial score (nSPS) is 19.5. The third-order valence-corrected chi connectivity index (χ3v) is 12.2. The van der Waals surface area contributed by atoms with Crippen LogP contribution in [-0.2, 0) is 15.1 Å². The Hall–Kier alpha value is -5.74. The summed E-state index contributed by atoms with van der Waals surface area (Å²) < 4.78 is 24.6. The zero-order valence-electron chi connectivity index (χ0n) is 29.8. The van der Waals surface area contributed by atoms with Gasteiger partial charge in [0, 0.05) is 24.6 Å². The van der Waals surface area contributed by atoms with E-state index in [1.54, 1.807) is 12.4 Å². The van der Waals surface area contributed by atoms with Gasteiger partial charge in [0.05, 0.1) is 23.0 Å². The van der Waals surface area contributed by atoms with Crippen LogP contribution in [0.2, 0.25) is 0 Å². The van der Waals surface area contributed by atoms with Gasteiger partial charge >= 0.3 is 5.97 Å². The molecule has 4 aromatic heterocycles. The molecule has 4 heterocycles. The highest BCUT2D eigenvalue weighted by Crippen LogP contribution is 2.48. The van der Waals surface area contributed by atoms with Crippen molar-refractivity contribution >= 4 is 34.3 Å². The maximum atomic E-state index is 16.8. The Morgan fingerprint density at radius 2 is 1.44 bits per heavy atom. The smallest absolute Gasteiger partial charge is 0.311 e. The van der Waals surface area contributed by atoms with Crippen molar-refractivity contribution in [3.8, 4) is 22.0 Å². The number of nitrogens with one attached hydrogen (secondary N) is 1. The van der Waals surface area contributed by atoms with E-state index in [1.807, 2.05) is 85.2 Å². The number of halogens is 1. The lowest BCUT2D eigenvalue weighted by Crippen LogP contribution is -2.52. The highest BCUT2D eigenvalue weighted by atomic mass is 32.1. The van der Waals surface area contributed by atoms with Crippen molar-refractivity contribution in [3.63, 3.8) is 0 Å². The molecule has 7 aromatic rings. The first kappa shape index (κ1) is 34.1. The SMILES string of the molecule is CCOC(=O)[C@H]1C2CCC(CC2)[C@@H]1Nc1nc(-c2cn(C(c3ccccc3)(c3ccccc3)c3ccccc3)c3nccnc23)nc(-c2cccs2)c1F. The van der Waals surface area contributed by atoms with E-state index < -0.39 is 11.4 Å². The van der Waals surface area contributed by atoms with Crippen LogP contribution in [0.25, 0.3) is 33.1 Å². The number of carbonyl (C=O) groups excluding carboxylic acids is 1. The first-order chi connectivity index (χ1) is 26.6. The Morgan fingerprint density at radius 3 is 2.04 bits per heavy atom. The highest BCUT2D eigenvalue weighted by molar-refractivity contribution is 7.13. The van der Waals surface area contributed by atoms with Crippen LogP contribution in [0.3, 0.4) is 0 Å². The number of hydrogen-bond donors (Lipinski definition) is 1. The molecule has 0 saturated heterocycles. The molecule has 3 aromatic carbocycles. The average Bonchev–Trinajstić information content (AvgIpc) is 3.91. The third-order valence-electron chi connectivity index (χ3n) is 11.3. The van der Waals surface area contributed by atoms with Crippen molar-refractivity contribution in [2.45, 2.75) is 44.2 Å². The molecule has 0 unspecified atom stereocenters. The largest absolute Gasteiger partial charge is 0.466 e. The first-order valence-electron chi connectivity index (χ1n) is 18.6. The molecule has 0 radical (unpaired) electrons. The summed E-state index contributed by atoms with van der Waals surface area (Å²) in [6, 6.07) is 34.5. The van der Waals surface area contributed by atoms with Crippen LogP contribution < -0.4 is 5.32 Å². The fourth-order valence-electron chi connectivity index (χ4n) is 8.96. The lowest BCUT2D eigenvalue weighted by Gasteiger charge is -2.47. The molecule has 3 saturated carbocycles. The summed E-state index contributed by atoms with van der Waals surface area (Å²) in [5.74, 6) is -0.394. The van der Waals surface area contributed by atoms with E-state index in [4.69, 9.17) is 24.7 Å². The van der Waals surface area contributed by atoms with Gasteiger partial charge in [-0.25, -0.2) is 19.3 Å². The molecule has 3 fully saturated rings. The average molecular weight is 735 g/mol. The second kappa shape index (κ2) is 14.2. The molecule has 0 amide bonds. The topological polar surface area (TPSA) is 94.8 Å². The van der Waals surface area contributed by atoms with Crippen molar-refractivity contribution in [1.29, 1.82) is 0 Å². The summed E-state index contributed by atoms with van der Waals surface area (Å²) in [5, 5.41) is 5.39. The standard InChI is InChI=1S/C44H39FN6O2S/c1-2-53-43(52)35-28-20-22-29(23-21-28)37(35)48-41-36(45)39(34-19-12-26-54-34)49-40(50-41)33-27-51(42-38(33)46-24-25-47-42)44(30-13-6-3-7-14-30,31-15-8-4-9-16-31)32-17-10-5-11-18-32/h3-19,24-29,35,37H,2,20-23H2,1H3,(H,48,49,50)/t28?,29?,35-,37-/m0/s1. The minimum Gasteiger partial charge on any atom is -0.466 e. The fraction of sp³-hybridized carbons (Fsp3) is 0.250. The zero-order chi connectivity index (χ0) is 36.6. The van der Waals surface area contributed by atoms with E-state index in [0.717, 1.165) is 42.4 Å². The van der Waals surface area contributed by atoms with E-state index in [2.05, 4.69) is 46.3 Å². The Bertz CT molecular complexity index is 2300. The fourth-order valence-corrected chi connectivity index (χ4v) is 9.66. The van der Waals surface area contributed by atoms with Gasteiger partial charge in [-0.15, -0.1) is 11.3 Å². The quantitative estimate of drug-likeness (QED) is 0.111. The molecular weight excluding hydrogens is 696 g/mol. The van der Waals surface area contributed by atoms with Gasteiger partial charge in [-0.05, 0) is 72.6 Å². The highest BCUT2D eigenvalue weighted by Gasteiger charge is 2.48. The van der Waals surface area contributed by atoms with Gasteiger partial charge in [0.2, 0.25) is 0 Å².